The Morgan fingerprint density at radius 1 is 1.35 bits per heavy atom. The van der Waals surface area contributed by atoms with Gasteiger partial charge in [0.05, 0.1) is 12.1 Å². The molecule has 1 aliphatic carbocycles. The summed E-state index contributed by atoms with van der Waals surface area (Å²) in [5.74, 6) is 0.694. The van der Waals surface area contributed by atoms with Crippen LogP contribution in [0.25, 0.3) is 0 Å². The van der Waals surface area contributed by atoms with Crippen LogP contribution in [-0.2, 0) is 4.74 Å². The fourth-order valence-electron chi connectivity index (χ4n) is 2.24. The molecule has 1 heterocycles. The lowest BCUT2D eigenvalue weighted by atomic mass is 10.0. The molecule has 0 saturated heterocycles. The topological polar surface area (TPSA) is 47.0 Å². The molecule has 0 bridgehead atoms. The molecule has 1 fully saturated rings. The molecule has 0 radical (unpaired) electrons. The van der Waals surface area contributed by atoms with Gasteiger partial charge in [-0.15, -0.1) is 0 Å². The van der Waals surface area contributed by atoms with Gasteiger partial charge in [0.25, 0.3) is 0 Å². The molecule has 2 unspecified atom stereocenters. The Bertz CT molecular complexity index is 327. The van der Waals surface area contributed by atoms with Crippen LogP contribution >= 0.6 is 0 Å². The molecule has 4 nitrogen and oxygen atoms in total. The van der Waals surface area contributed by atoms with Gasteiger partial charge in [0.2, 0.25) is 0 Å². The van der Waals surface area contributed by atoms with Gasteiger partial charge in [-0.2, -0.15) is 0 Å². The highest BCUT2D eigenvalue weighted by Gasteiger charge is 2.37. The molecule has 1 saturated carbocycles. The Morgan fingerprint density at radius 2 is 2.06 bits per heavy atom. The minimum Gasteiger partial charge on any atom is -0.376 e. The smallest absolute Gasteiger partial charge is 0.115 e. The minimum absolute atomic E-state index is 0.216. The number of rotatable bonds is 7. The normalized spacial score (nSPS) is 18.9. The first kappa shape index (κ1) is 12.5. The summed E-state index contributed by atoms with van der Waals surface area (Å²) >= 11 is 0. The molecule has 0 spiro atoms. The number of aromatic nitrogens is 2. The van der Waals surface area contributed by atoms with Gasteiger partial charge in [0.15, 0.2) is 0 Å². The van der Waals surface area contributed by atoms with E-state index in [2.05, 4.69) is 29.1 Å². The van der Waals surface area contributed by atoms with Crippen LogP contribution in [0.3, 0.4) is 0 Å². The fraction of sp³-hybridized carbons (Fsp3) is 0.692. The first-order chi connectivity index (χ1) is 8.36. The van der Waals surface area contributed by atoms with Gasteiger partial charge in [-0.1, -0.05) is 6.92 Å². The number of ether oxygens (including phenoxy) is 1. The van der Waals surface area contributed by atoms with Crippen LogP contribution in [0.1, 0.15) is 38.3 Å². The van der Waals surface area contributed by atoms with Gasteiger partial charge >= 0.3 is 0 Å². The zero-order chi connectivity index (χ0) is 12.1. The van der Waals surface area contributed by atoms with Gasteiger partial charge in [-0.25, -0.2) is 9.97 Å². The third kappa shape index (κ3) is 3.23. The van der Waals surface area contributed by atoms with Crippen molar-refractivity contribution in [2.24, 2.45) is 5.92 Å². The minimum atomic E-state index is 0.216. The first-order valence-corrected chi connectivity index (χ1v) is 6.46. The van der Waals surface area contributed by atoms with Crippen molar-refractivity contribution in [1.29, 1.82) is 0 Å². The molecule has 17 heavy (non-hydrogen) atoms. The van der Waals surface area contributed by atoms with Crippen LogP contribution in [-0.4, -0.2) is 29.2 Å². The second kappa shape index (κ2) is 6.07. The van der Waals surface area contributed by atoms with Crippen molar-refractivity contribution in [2.45, 2.75) is 38.8 Å². The van der Waals surface area contributed by atoms with E-state index < -0.39 is 0 Å². The maximum atomic E-state index is 5.92. The van der Waals surface area contributed by atoms with Crippen LogP contribution in [0.15, 0.2) is 18.7 Å². The second-order valence-electron chi connectivity index (χ2n) is 4.46. The molecule has 4 heteroatoms. The van der Waals surface area contributed by atoms with E-state index in [-0.39, 0.29) is 12.1 Å². The highest BCUT2D eigenvalue weighted by atomic mass is 16.5. The summed E-state index contributed by atoms with van der Waals surface area (Å²) in [7, 11) is 0. The Morgan fingerprint density at radius 3 is 2.59 bits per heavy atom. The van der Waals surface area contributed by atoms with E-state index in [1.807, 2.05) is 12.4 Å². The second-order valence-corrected chi connectivity index (χ2v) is 4.46. The maximum Gasteiger partial charge on any atom is 0.115 e. The van der Waals surface area contributed by atoms with E-state index in [0.717, 1.165) is 18.7 Å². The molecule has 2 rings (SSSR count). The third-order valence-corrected chi connectivity index (χ3v) is 3.14. The Kier molecular flexibility index (Phi) is 4.45. The summed E-state index contributed by atoms with van der Waals surface area (Å²) in [5, 5.41) is 3.50. The quantitative estimate of drug-likeness (QED) is 0.784. The number of nitrogens with one attached hydrogen (secondary N) is 1. The monoisotopic (exact) mass is 235 g/mol. The molecule has 1 N–H and O–H groups in total. The number of likely N-dealkylation sites (N-methyl/N-ethyl adjacent to an activating group) is 1. The predicted molar refractivity (Wildman–Crippen MR) is 66.6 cm³/mol. The van der Waals surface area contributed by atoms with Crippen LogP contribution in [0.5, 0.6) is 0 Å². The van der Waals surface area contributed by atoms with E-state index in [1.54, 1.807) is 6.33 Å². The van der Waals surface area contributed by atoms with Crippen LogP contribution in [0.4, 0.5) is 0 Å². The predicted octanol–water partition coefficient (Wildman–Crippen LogP) is 1.94. The van der Waals surface area contributed by atoms with Crippen LogP contribution in [0.2, 0.25) is 0 Å². The van der Waals surface area contributed by atoms with Crippen LogP contribution in [0, 0.1) is 5.92 Å². The van der Waals surface area contributed by atoms with Gasteiger partial charge < -0.3 is 10.1 Å². The van der Waals surface area contributed by atoms with Crippen molar-refractivity contribution in [1.82, 2.24) is 15.3 Å². The number of hydrogen-bond donors (Lipinski definition) is 1. The molecule has 1 aromatic rings. The Hall–Kier alpha value is -1.00. The van der Waals surface area contributed by atoms with Gasteiger partial charge in [-0.3, -0.25) is 0 Å². The average Bonchev–Trinajstić information content (AvgIpc) is 3.19. The summed E-state index contributed by atoms with van der Waals surface area (Å²) in [4.78, 5) is 8.21. The lowest BCUT2D eigenvalue weighted by Crippen LogP contribution is -2.35. The Balaban J connectivity index is 2.14. The molecule has 0 aliphatic heterocycles. The maximum absolute atomic E-state index is 5.92. The lowest BCUT2D eigenvalue weighted by Gasteiger charge is -2.27. The molecule has 94 valence electrons. The molecule has 1 aliphatic rings. The molecular formula is C13H21N3O. The highest BCUT2D eigenvalue weighted by molar-refractivity contribution is 5.13. The SMILES string of the molecule is CCNC(c1cncnc1)C(OCC)C1CC1. The van der Waals surface area contributed by atoms with E-state index in [9.17, 15) is 0 Å². The van der Waals surface area contributed by atoms with Crippen LogP contribution < -0.4 is 5.32 Å². The zero-order valence-electron chi connectivity index (χ0n) is 10.6. The van der Waals surface area contributed by atoms with E-state index >= 15 is 0 Å². The fourth-order valence-corrected chi connectivity index (χ4v) is 2.24. The third-order valence-electron chi connectivity index (χ3n) is 3.14. The first-order valence-electron chi connectivity index (χ1n) is 6.46. The standard InChI is InChI=1S/C13H21N3O/c1-3-16-12(11-7-14-9-15-8-11)13(17-4-2)10-5-6-10/h7-10,12-13,16H,3-6H2,1-2H3. The van der Waals surface area contributed by atoms with E-state index in [0.29, 0.717) is 5.92 Å². The summed E-state index contributed by atoms with van der Waals surface area (Å²) in [6, 6.07) is 0.216. The summed E-state index contributed by atoms with van der Waals surface area (Å²) in [5.41, 5.74) is 1.12. The van der Waals surface area contributed by atoms with E-state index in [1.165, 1.54) is 12.8 Å². The molecule has 0 aromatic carbocycles. The summed E-state index contributed by atoms with van der Waals surface area (Å²) in [6.07, 6.45) is 8.15. The summed E-state index contributed by atoms with van der Waals surface area (Å²) < 4.78 is 5.92. The van der Waals surface area contributed by atoms with Crippen molar-refractivity contribution in [2.75, 3.05) is 13.2 Å². The van der Waals surface area contributed by atoms with Crippen molar-refractivity contribution >= 4 is 0 Å². The molecular weight excluding hydrogens is 214 g/mol. The largest absolute Gasteiger partial charge is 0.376 e. The van der Waals surface area contributed by atoms with Crippen molar-refractivity contribution < 1.29 is 4.74 Å². The van der Waals surface area contributed by atoms with E-state index in [4.69, 9.17) is 4.74 Å². The number of nitrogens with zero attached hydrogens (tertiary/aromatic N) is 2. The van der Waals surface area contributed by atoms with Crippen molar-refractivity contribution in [3.63, 3.8) is 0 Å². The van der Waals surface area contributed by atoms with Gasteiger partial charge in [-0.05, 0) is 32.2 Å². The zero-order valence-corrected chi connectivity index (χ0v) is 10.6. The molecule has 1 aromatic heterocycles. The van der Waals surface area contributed by atoms with Crippen molar-refractivity contribution in [3.8, 4) is 0 Å². The molecule has 0 amide bonds. The van der Waals surface area contributed by atoms with Gasteiger partial charge in [0, 0.05) is 24.6 Å². The number of hydrogen-bond acceptors (Lipinski definition) is 4. The average molecular weight is 235 g/mol. The van der Waals surface area contributed by atoms with Crippen molar-refractivity contribution in [3.05, 3.63) is 24.3 Å². The summed E-state index contributed by atoms with van der Waals surface area (Å²) in [6.45, 7) is 5.86. The lowest BCUT2D eigenvalue weighted by molar-refractivity contribution is 0.0188. The highest BCUT2D eigenvalue weighted by Crippen LogP contribution is 2.39. The molecule has 2 atom stereocenters. The van der Waals surface area contributed by atoms with Gasteiger partial charge in [0.1, 0.15) is 6.33 Å². The Labute approximate surface area is 103 Å².